The Labute approximate surface area is 153 Å². The van der Waals surface area contributed by atoms with Crippen LogP contribution in [0.5, 0.6) is 11.5 Å². The summed E-state index contributed by atoms with van der Waals surface area (Å²) in [6.07, 6.45) is 0.733. The van der Waals surface area contributed by atoms with Gasteiger partial charge in [-0.25, -0.2) is 0 Å². The number of methoxy groups -OCH3 is 2. The van der Waals surface area contributed by atoms with Gasteiger partial charge in [0.1, 0.15) is 11.5 Å². The Balaban J connectivity index is 2.30. The zero-order valence-electron chi connectivity index (χ0n) is 15.5. The highest BCUT2D eigenvalue weighted by Crippen LogP contribution is 2.37. The second-order valence-corrected chi connectivity index (χ2v) is 5.87. The van der Waals surface area contributed by atoms with Gasteiger partial charge in [-0.3, -0.25) is 9.59 Å². The standard InChI is InChI=1S/C20H24N2O4/c1-5-13(2)19(23)21-15-11-18(26-4)16(12-17(15)25-3)22-20(24)14-9-7-6-8-10-14/h6-13H,5H2,1-4H3,(H,21,23)(H,22,24)/t13-/m0/s1. The Bertz CT molecular complexity index is 775. The van der Waals surface area contributed by atoms with Crippen LogP contribution in [0, 0.1) is 5.92 Å². The first kappa shape index (κ1) is 19.3. The first-order chi connectivity index (χ1) is 12.5. The summed E-state index contributed by atoms with van der Waals surface area (Å²) in [5.41, 5.74) is 1.48. The molecule has 2 N–H and O–H groups in total. The number of benzene rings is 2. The van der Waals surface area contributed by atoms with Crippen molar-refractivity contribution in [3.8, 4) is 11.5 Å². The van der Waals surface area contributed by atoms with Gasteiger partial charge < -0.3 is 20.1 Å². The van der Waals surface area contributed by atoms with Crippen molar-refractivity contribution in [2.45, 2.75) is 20.3 Å². The molecule has 6 nitrogen and oxygen atoms in total. The van der Waals surface area contributed by atoms with Crippen LogP contribution in [-0.2, 0) is 4.79 Å². The van der Waals surface area contributed by atoms with Gasteiger partial charge in [-0.1, -0.05) is 32.0 Å². The van der Waals surface area contributed by atoms with Crippen LogP contribution in [0.4, 0.5) is 11.4 Å². The number of hydrogen-bond acceptors (Lipinski definition) is 4. The third-order valence-electron chi connectivity index (χ3n) is 4.12. The number of nitrogens with one attached hydrogen (secondary N) is 2. The molecule has 6 heteroatoms. The Morgan fingerprint density at radius 1 is 0.962 bits per heavy atom. The van der Waals surface area contributed by atoms with Crippen molar-refractivity contribution in [2.75, 3.05) is 24.9 Å². The predicted octanol–water partition coefficient (Wildman–Crippen LogP) is 3.94. The molecule has 0 saturated carbocycles. The molecule has 0 saturated heterocycles. The zero-order valence-corrected chi connectivity index (χ0v) is 15.5. The minimum absolute atomic E-state index is 0.103. The van der Waals surface area contributed by atoms with Gasteiger partial charge in [-0.15, -0.1) is 0 Å². The summed E-state index contributed by atoms with van der Waals surface area (Å²) in [6.45, 7) is 3.80. The van der Waals surface area contributed by atoms with Crippen LogP contribution in [0.3, 0.4) is 0 Å². The van der Waals surface area contributed by atoms with E-state index in [2.05, 4.69) is 10.6 Å². The number of rotatable bonds is 7. The number of anilines is 2. The maximum absolute atomic E-state index is 12.4. The molecule has 0 bridgehead atoms. The molecular formula is C20H24N2O4. The zero-order chi connectivity index (χ0) is 19.1. The van der Waals surface area contributed by atoms with Gasteiger partial charge in [0.25, 0.3) is 5.91 Å². The summed E-state index contributed by atoms with van der Waals surface area (Å²) in [6, 6.07) is 12.1. The minimum Gasteiger partial charge on any atom is -0.494 e. The van der Waals surface area contributed by atoms with Crippen molar-refractivity contribution in [1.29, 1.82) is 0 Å². The maximum Gasteiger partial charge on any atom is 0.255 e. The maximum atomic E-state index is 12.4. The molecule has 0 aliphatic heterocycles. The normalized spacial score (nSPS) is 11.4. The Morgan fingerprint density at radius 3 is 2.00 bits per heavy atom. The summed E-state index contributed by atoms with van der Waals surface area (Å²) >= 11 is 0. The number of carbonyl (C=O) groups excluding carboxylic acids is 2. The van der Waals surface area contributed by atoms with Crippen LogP contribution in [0.15, 0.2) is 42.5 Å². The number of ether oxygens (including phenoxy) is 2. The smallest absolute Gasteiger partial charge is 0.255 e. The molecule has 2 aromatic carbocycles. The van der Waals surface area contributed by atoms with Gasteiger partial charge >= 0.3 is 0 Å². The van der Waals surface area contributed by atoms with E-state index in [-0.39, 0.29) is 17.7 Å². The highest BCUT2D eigenvalue weighted by atomic mass is 16.5. The molecule has 0 fully saturated rings. The van der Waals surface area contributed by atoms with Crippen molar-refractivity contribution in [3.63, 3.8) is 0 Å². The van der Waals surface area contributed by atoms with Crippen LogP contribution >= 0.6 is 0 Å². The first-order valence-corrected chi connectivity index (χ1v) is 8.43. The van der Waals surface area contributed by atoms with E-state index >= 15 is 0 Å². The molecule has 0 radical (unpaired) electrons. The summed E-state index contributed by atoms with van der Waals surface area (Å²) in [5, 5.41) is 5.65. The van der Waals surface area contributed by atoms with E-state index in [4.69, 9.17) is 9.47 Å². The lowest BCUT2D eigenvalue weighted by atomic mass is 10.1. The van der Waals surface area contributed by atoms with Gasteiger partial charge in [0, 0.05) is 23.6 Å². The van der Waals surface area contributed by atoms with Crippen LogP contribution in [0.2, 0.25) is 0 Å². The second kappa shape index (κ2) is 8.89. The monoisotopic (exact) mass is 356 g/mol. The molecule has 0 unspecified atom stereocenters. The quantitative estimate of drug-likeness (QED) is 0.788. The van der Waals surface area contributed by atoms with E-state index in [9.17, 15) is 9.59 Å². The molecule has 0 aromatic heterocycles. The number of carbonyl (C=O) groups is 2. The Morgan fingerprint density at radius 2 is 1.50 bits per heavy atom. The van der Waals surface area contributed by atoms with Crippen molar-refractivity contribution in [2.24, 2.45) is 5.92 Å². The van der Waals surface area contributed by atoms with Gasteiger partial charge in [0.05, 0.1) is 25.6 Å². The fraction of sp³-hybridized carbons (Fsp3) is 0.300. The molecular weight excluding hydrogens is 332 g/mol. The van der Waals surface area contributed by atoms with E-state index in [1.165, 1.54) is 14.2 Å². The number of amides is 2. The molecule has 138 valence electrons. The molecule has 0 heterocycles. The van der Waals surface area contributed by atoms with Crippen molar-refractivity contribution in [3.05, 3.63) is 48.0 Å². The third kappa shape index (κ3) is 4.53. The van der Waals surface area contributed by atoms with Crippen LogP contribution in [0.25, 0.3) is 0 Å². The van der Waals surface area contributed by atoms with Gasteiger partial charge in [0.2, 0.25) is 5.91 Å². The molecule has 26 heavy (non-hydrogen) atoms. The summed E-state index contributed by atoms with van der Waals surface area (Å²) in [5.74, 6) is 0.375. The molecule has 2 rings (SSSR count). The van der Waals surface area contributed by atoms with E-state index < -0.39 is 0 Å². The first-order valence-electron chi connectivity index (χ1n) is 8.43. The average Bonchev–Trinajstić information content (AvgIpc) is 2.68. The largest absolute Gasteiger partial charge is 0.494 e. The lowest BCUT2D eigenvalue weighted by Gasteiger charge is -2.17. The fourth-order valence-corrected chi connectivity index (χ4v) is 2.32. The van der Waals surface area contributed by atoms with E-state index in [0.717, 1.165) is 6.42 Å². The van der Waals surface area contributed by atoms with E-state index in [1.54, 1.807) is 36.4 Å². The van der Waals surface area contributed by atoms with Gasteiger partial charge in [-0.2, -0.15) is 0 Å². The van der Waals surface area contributed by atoms with Crippen molar-refractivity contribution < 1.29 is 19.1 Å². The fourth-order valence-electron chi connectivity index (χ4n) is 2.32. The molecule has 2 amide bonds. The van der Waals surface area contributed by atoms with Gasteiger partial charge in [0.15, 0.2) is 0 Å². The molecule has 0 spiro atoms. The molecule has 2 aromatic rings. The summed E-state index contributed by atoms with van der Waals surface area (Å²) in [4.78, 5) is 24.6. The summed E-state index contributed by atoms with van der Waals surface area (Å²) in [7, 11) is 3.00. The highest BCUT2D eigenvalue weighted by molar-refractivity contribution is 6.05. The van der Waals surface area contributed by atoms with Crippen molar-refractivity contribution >= 4 is 23.2 Å². The predicted molar refractivity (Wildman–Crippen MR) is 102 cm³/mol. The Kier molecular flexibility index (Phi) is 6.60. The molecule has 1 atom stereocenters. The second-order valence-electron chi connectivity index (χ2n) is 5.87. The number of hydrogen-bond donors (Lipinski definition) is 2. The Hall–Kier alpha value is -3.02. The lowest BCUT2D eigenvalue weighted by molar-refractivity contribution is -0.119. The van der Waals surface area contributed by atoms with E-state index in [0.29, 0.717) is 28.4 Å². The lowest BCUT2D eigenvalue weighted by Crippen LogP contribution is -2.20. The molecule has 0 aliphatic carbocycles. The molecule has 0 aliphatic rings. The van der Waals surface area contributed by atoms with Crippen LogP contribution in [-0.4, -0.2) is 26.0 Å². The van der Waals surface area contributed by atoms with Gasteiger partial charge in [-0.05, 0) is 18.6 Å². The summed E-state index contributed by atoms with van der Waals surface area (Å²) < 4.78 is 10.7. The highest BCUT2D eigenvalue weighted by Gasteiger charge is 2.18. The van der Waals surface area contributed by atoms with E-state index in [1.807, 2.05) is 19.9 Å². The minimum atomic E-state index is -0.262. The topological polar surface area (TPSA) is 76.7 Å². The van der Waals surface area contributed by atoms with Crippen molar-refractivity contribution in [1.82, 2.24) is 0 Å². The SMILES string of the molecule is CC[C@H](C)C(=O)Nc1cc(OC)c(NC(=O)c2ccccc2)cc1OC. The average molecular weight is 356 g/mol. The third-order valence-corrected chi connectivity index (χ3v) is 4.12. The van der Waals surface area contributed by atoms with Crippen LogP contribution < -0.4 is 20.1 Å². The van der Waals surface area contributed by atoms with Crippen LogP contribution in [0.1, 0.15) is 30.6 Å².